The van der Waals surface area contributed by atoms with Crippen LogP contribution in [0.4, 0.5) is 0 Å². The average Bonchev–Trinajstić information content (AvgIpc) is 2.75. The molecule has 21 heavy (non-hydrogen) atoms. The Morgan fingerprint density at radius 1 is 1.43 bits per heavy atom. The van der Waals surface area contributed by atoms with Gasteiger partial charge in [-0.05, 0) is 38.6 Å². The summed E-state index contributed by atoms with van der Waals surface area (Å²) in [4.78, 5) is 26.2. The zero-order valence-electron chi connectivity index (χ0n) is 13.2. The third-order valence-corrected chi connectivity index (χ3v) is 4.32. The van der Waals surface area contributed by atoms with Crippen LogP contribution in [0.2, 0.25) is 0 Å². The second kappa shape index (κ2) is 7.99. The molecule has 2 aliphatic heterocycles. The van der Waals surface area contributed by atoms with Gasteiger partial charge in [0.15, 0.2) is 0 Å². The van der Waals surface area contributed by atoms with Crippen molar-refractivity contribution in [3.63, 3.8) is 0 Å². The van der Waals surface area contributed by atoms with E-state index in [-0.39, 0.29) is 42.2 Å². The molecule has 2 amide bonds. The second-order valence-corrected chi connectivity index (χ2v) is 6.46. The van der Waals surface area contributed by atoms with E-state index in [1.54, 1.807) is 4.90 Å². The molecule has 122 valence electrons. The molecule has 0 aromatic heterocycles. The molecule has 0 bridgehead atoms. The maximum atomic E-state index is 12.6. The highest BCUT2D eigenvalue weighted by Crippen LogP contribution is 2.20. The molecule has 5 nitrogen and oxygen atoms in total. The minimum absolute atomic E-state index is 0. The van der Waals surface area contributed by atoms with Crippen molar-refractivity contribution in [1.82, 2.24) is 15.5 Å². The lowest BCUT2D eigenvalue weighted by molar-refractivity contribution is -0.139. The minimum atomic E-state index is -0.310. The van der Waals surface area contributed by atoms with Crippen LogP contribution in [0.25, 0.3) is 0 Å². The van der Waals surface area contributed by atoms with Crippen molar-refractivity contribution in [2.75, 3.05) is 13.1 Å². The molecule has 0 spiro atoms. The molecule has 2 rings (SSSR count). The van der Waals surface area contributed by atoms with Gasteiger partial charge in [-0.2, -0.15) is 0 Å². The molecule has 0 saturated carbocycles. The van der Waals surface area contributed by atoms with Gasteiger partial charge < -0.3 is 15.5 Å². The first-order chi connectivity index (χ1) is 9.49. The Hall–Kier alpha value is -0.810. The Kier molecular flexibility index (Phi) is 6.94. The number of carbonyl (C=O) groups is 2. The molecule has 2 heterocycles. The summed E-state index contributed by atoms with van der Waals surface area (Å²) < 4.78 is 0. The van der Waals surface area contributed by atoms with Gasteiger partial charge in [0.2, 0.25) is 11.8 Å². The molecule has 0 radical (unpaired) electrons. The van der Waals surface area contributed by atoms with Gasteiger partial charge in [-0.1, -0.05) is 13.8 Å². The lowest BCUT2D eigenvalue weighted by Crippen LogP contribution is -2.55. The summed E-state index contributed by atoms with van der Waals surface area (Å²) in [6, 6.07) is 0.368. The van der Waals surface area contributed by atoms with E-state index in [0.29, 0.717) is 12.5 Å². The number of carbonyl (C=O) groups excluding carboxylic acids is 2. The molecule has 0 aromatic carbocycles. The molecule has 0 aliphatic carbocycles. The molecule has 3 unspecified atom stereocenters. The van der Waals surface area contributed by atoms with Gasteiger partial charge in [0.1, 0.15) is 6.04 Å². The first-order valence-electron chi connectivity index (χ1n) is 7.82. The predicted molar refractivity (Wildman–Crippen MR) is 85.5 cm³/mol. The molecule has 6 heteroatoms. The van der Waals surface area contributed by atoms with E-state index in [0.717, 1.165) is 32.4 Å². The first kappa shape index (κ1) is 18.2. The van der Waals surface area contributed by atoms with E-state index in [9.17, 15) is 9.59 Å². The number of hydrogen-bond acceptors (Lipinski definition) is 3. The fourth-order valence-corrected chi connectivity index (χ4v) is 3.32. The van der Waals surface area contributed by atoms with Crippen LogP contribution in [0.1, 0.15) is 46.5 Å². The Morgan fingerprint density at radius 2 is 2.14 bits per heavy atom. The SMILES string of the molecule is CC1CC(NC(=O)C(C(C)C)N2CCCC2=O)CCN1.Cl. The van der Waals surface area contributed by atoms with Crippen molar-refractivity contribution < 1.29 is 9.59 Å². The zero-order valence-corrected chi connectivity index (χ0v) is 14.0. The zero-order chi connectivity index (χ0) is 14.7. The molecular weight excluding hydrogens is 290 g/mol. The van der Waals surface area contributed by atoms with Crippen LogP contribution in [0.3, 0.4) is 0 Å². The summed E-state index contributed by atoms with van der Waals surface area (Å²) >= 11 is 0. The van der Waals surface area contributed by atoms with Crippen molar-refractivity contribution >= 4 is 24.2 Å². The van der Waals surface area contributed by atoms with Crippen molar-refractivity contribution in [2.45, 2.75) is 64.6 Å². The Bertz CT molecular complexity index is 376. The quantitative estimate of drug-likeness (QED) is 0.822. The number of rotatable bonds is 4. The van der Waals surface area contributed by atoms with Gasteiger partial charge in [-0.15, -0.1) is 12.4 Å². The largest absolute Gasteiger partial charge is 0.351 e. The average molecular weight is 318 g/mol. The van der Waals surface area contributed by atoms with Gasteiger partial charge >= 0.3 is 0 Å². The molecule has 0 aromatic rings. The predicted octanol–water partition coefficient (Wildman–Crippen LogP) is 1.31. The van der Waals surface area contributed by atoms with Crippen molar-refractivity contribution in [3.05, 3.63) is 0 Å². The number of piperidine rings is 1. The number of likely N-dealkylation sites (tertiary alicyclic amines) is 1. The lowest BCUT2D eigenvalue weighted by atomic mass is 9.97. The summed E-state index contributed by atoms with van der Waals surface area (Å²) in [7, 11) is 0. The first-order valence-corrected chi connectivity index (χ1v) is 7.82. The Morgan fingerprint density at radius 3 is 2.67 bits per heavy atom. The van der Waals surface area contributed by atoms with Crippen LogP contribution < -0.4 is 10.6 Å². The van der Waals surface area contributed by atoms with Crippen LogP contribution in [-0.4, -0.2) is 47.9 Å². The van der Waals surface area contributed by atoms with Crippen LogP contribution in [0, 0.1) is 5.92 Å². The highest BCUT2D eigenvalue weighted by atomic mass is 35.5. The fraction of sp³-hybridized carbons (Fsp3) is 0.867. The third-order valence-electron chi connectivity index (χ3n) is 4.32. The second-order valence-electron chi connectivity index (χ2n) is 6.46. The van der Waals surface area contributed by atoms with E-state index in [1.807, 2.05) is 13.8 Å². The number of nitrogens with zero attached hydrogens (tertiary/aromatic N) is 1. The van der Waals surface area contributed by atoms with Crippen molar-refractivity contribution in [3.8, 4) is 0 Å². The molecule has 2 N–H and O–H groups in total. The van der Waals surface area contributed by atoms with E-state index in [2.05, 4.69) is 17.6 Å². The molecule has 2 saturated heterocycles. The standard InChI is InChI=1S/C15H27N3O2.ClH/c1-10(2)14(18-8-4-5-13(18)19)15(20)17-12-6-7-16-11(3)9-12;/h10-12,14,16H,4-9H2,1-3H3,(H,17,20);1H. The minimum Gasteiger partial charge on any atom is -0.351 e. The van der Waals surface area contributed by atoms with E-state index in [4.69, 9.17) is 0 Å². The molecule has 2 fully saturated rings. The topological polar surface area (TPSA) is 61.4 Å². The van der Waals surface area contributed by atoms with Crippen molar-refractivity contribution in [2.24, 2.45) is 5.92 Å². The maximum absolute atomic E-state index is 12.6. The Balaban J connectivity index is 0.00000220. The van der Waals surface area contributed by atoms with Gasteiger partial charge in [0.05, 0.1) is 0 Å². The van der Waals surface area contributed by atoms with Gasteiger partial charge in [-0.3, -0.25) is 9.59 Å². The van der Waals surface area contributed by atoms with Crippen LogP contribution in [-0.2, 0) is 9.59 Å². The van der Waals surface area contributed by atoms with Gasteiger partial charge in [0.25, 0.3) is 0 Å². The summed E-state index contributed by atoms with van der Waals surface area (Å²) in [5, 5.41) is 6.54. The highest BCUT2D eigenvalue weighted by Gasteiger charge is 2.35. The van der Waals surface area contributed by atoms with Crippen LogP contribution in [0.15, 0.2) is 0 Å². The molecular formula is C15H28ClN3O2. The van der Waals surface area contributed by atoms with Crippen LogP contribution in [0.5, 0.6) is 0 Å². The van der Waals surface area contributed by atoms with E-state index in [1.165, 1.54) is 0 Å². The van der Waals surface area contributed by atoms with E-state index >= 15 is 0 Å². The van der Waals surface area contributed by atoms with Crippen molar-refractivity contribution in [1.29, 1.82) is 0 Å². The molecule has 2 aliphatic rings. The maximum Gasteiger partial charge on any atom is 0.243 e. The van der Waals surface area contributed by atoms with Gasteiger partial charge in [0, 0.05) is 25.0 Å². The summed E-state index contributed by atoms with van der Waals surface area (Å²) in [5.74, 6) is 0.295. The summed E-state index contributed by atoms with van der Waals surface area (Å²) in [6.07, 6.45) is 3.39. The number of halogens is 1. The smallest absolute Gasteiger partial charge is 0.243 e. The fourth-order valence-electron chi connectivity index (χ4n) is 3.32. The number of nitrogens with one attached hydrogen (secondary N) is 2. The van der Waals surface area contributed by atoms with Gasteiger partial charge in [-0.25, -0.2) is 0 Å². The summed E-state index contributed by atoms with van der Waals surface area (Å²) in [6.45, 7) is 7.84. The lowest BCUT2D eigenvalue weighted by Gasteiger charge is -2.34. The normalized spacial score (nSPS) is 27.4. The Labute approximate surface area is 133 Å². The monoisotopic (exact) mass is 317 g/mol. The number of amides is 2. The third kappa shape index (κ3) is 4.58. The van der Waals surface area contributed by atoms with E-state index < -0.39 is 0 Å². The van der Waals surface area contributed by atoms with Crippen LogP contribution >= 0.6 is 12.4 Å². The highest BCUT2D eigenvalue weighted by molar-refractivity contribution is 5.89. The summed E-state index contributed by atoms with van der Waals surface area (Å²) in [5.41, 5.74) is 0. The number of hydrogen-bond donors (Lipinski definition) is 2. The molecule has 3 atom stereocenters.